The third kappa shape index (κ3) is 2.42. The van der Waals surface area contributed by atoms with E-state index in [-0.39, 0.29) is 0 Å². The summed E-state index contributed by atoms with van der Waals surface area (Å²) in [4.78, 5) is 2.75. The van der Waals surface area contributed by atoms with Crippen LogP contribution in [0.5, 0.6) is 0 Å². The molecule has 2 aliphatic rings. The van der Waals surface area contributed by atoms with Crippen LogP contribution in [0, 0.1) is 12.3 Å². The van der Waals surface area contributed by atoms with Gasteiger partial charge in [0.15, 0.2) is 0 Å². The van der Waals surface area contributed by atoms with Crippen molar-refractivity contribution < 1.29 is 0 Å². The molecule has 1 unspecified atom stereocenters. The predicted octanol–water partition coefficient (Wildman–Crippen LogP) is 5.69. The summed E-state index contributed by atoms with van der Waals surface area (Å²) in [6.07, 6.45) is 8.26. The first-order chi connectivity index (χ1) is 11.5. The number of hydrogen-bond donors (Lipinski definition) is 0. The SMILES string of the molecule is Cc1c2n(c3ccccc13)CCC(C)(C)C2N(C)C1CCCCC1. The van der Waals surface area contributed by atoms with E-state index in [2.05, 4.69) is 61.6 Å². The molecule has 24 heavy (non-hydrogen) atoms. The molecule has 1 atom stereocenters. The Morgan fingerprint density at radius 1 is 1.08 bits per heavy atom. The summed E-state index contributed by atoms with van der Waals surface area (Å²) >= 11 is 0. The molecule has 4 rings (SSSR count). The van der Waals surface area contributed by atoms with E-state index in [1.54, 1.807) is 5.69 Å². The number of para-hydroxylation sites is 1. The van der Waals surface area contributed by atoms with E-state index >= 15 is 0 Å². The zero-order valence-corrected chi connectivity index (χ0v) is 15.8. The standard InChI is InChI=1S/C22H32N2/c1-16-18-12-8-9-13-19(18)24-15-14-22(2,3)21(20(16)24)23(4)17-10-6-5-7-11-17/h8-9,12-13,17,21H,5-7,10-11,14-15H2,1-4H3. The molecule has 1 saturated carbocycles. The highest BCUT2D eigenvalue weighted by Gasteiger charge is 2.42. The van der Waals surface area contributed by atoms with E-state index in [0.717, 1.165) is 12.6 Å². The van der Waals surface area contributed by atoms with Crippen molar-refractivity contribution in [2.24, 2.45) is 5.41 Å². The number of fused-ring (bicyclic) bond motifs is 3. The highest BCUT2D eigenvalue weighted by Crippen LogP contribution is 2.49. The van der Waals surface area contributed by atoms with Gasteiger partial charge in [0.25, 0.3) is 0 Å². The molecule has 1 fully saturated rings. The van der Waals surface area contributed by atoms with E-state index < -0.39 is 0 Å². The van der Waals surface area contributed by atoms with Gasteiger partial charge in [-0.05, 0) is 50.3 Å². The van der Waals surface area contributed by atoms with Crippen LogP contribution in [-0.4, -0.2) is 22.6 Å². The van der Waals surface area contributed by atoms with Crippen LogP contribution in [0.15, 0.2) is 24.3 Å². The van der Waals surface area contributed by atoms with E-state index in [0.29, 0.717) is 11.5 Å². The largest absolute Gasteiger partial charge is 0.343 e. The van der Waals surface area contributed by atoms with Crippen LogP contribution in [0.25, 0.3) is 10.9 Å². The molecular weight excluding hydrogens is 292 g/mol. The molecule has 2 heterocycles. The van der Waals surface area contributed by atoms with Crippen molar-refractivity contribution in [3.63, 3.8) is 0 Å². The number of nitrogens with zero attached hydrogens (tertiary/aromatic N) is 2. The van der Waals surface area contributed by atoms with Gasteiger partial charge in [-0.25, -0.2) is 0 Å². The maximum Gasteiger partial charge on any atom is 0.0555 e. The monoisotopic (exact) mass is 324 g/mol. The summed E-state index contributed by atoms with van der Waals surface area (Å²) in [5.41, 5.74) is 4.86. The molecule has 2 nitrogen and oxygen atoms in total. The van der Waals surface area contributed by atoms with Gasteiger partial charge in [0.2, 0.25) is 0 Å². The van der Waals surface area contributed by atoms with Gasteiger partial charge in [0, 0.05) is 29.2 Å². The summed E-state index contributed by atoms with van der Waals surface area (Å²) in [7, 11) is 2.40. The third-order valence-corrected chi connectivity index (χ3v) is 6.81. The van der Waals surface area contributed by atoms with Crippen LogP contribution >= 0.6 is 0 Å². The van der Waals surface area contributed by atoms with Crippen LogP contribution < -0.4 is 0 Å². The van der Waals surface area contributed by atoms with Crippen LogP contribution in [0.1, 0.15) is 69.7 Å². The van der Waals surface area contributed by atoms with Gasteiger partial charge >= 0.3 is 0 Å². The fourth-order valence-electron chi connectivity index (χ4n) is 5.44. The van der Waals surface area contributed by atoms with Crippen molar-refractivity contribution in [3.05, 3.63) is 35.5 Å². The van der Waals surface area contributed by atoms with Crippen LogP contribution in [-0.2, 0) is 6.54 Å². The molecule has 2 aromatic rings. The van der Waals surface area contributed by atoms with Gasteiger partial charge in [0.05, 0.1) is 6.04 Å². The molecule has 1 aromatic carbocycles. The Morgan fingerprint density at radius 2 is 1.79 bits per heavy atom. The first kappa shape index (κ1) is 16.2. The molecule has 1 aromatic heterocycles. The van der Waals surface area contributed by atoms with Crippen molar-refractivity contribution in [3.8, 4) is 0 Å². The van der Waals surface area contributed by atoms with Crippen molar-refractivity contribution in [1.82, 2.24) is 9.47 Å². The maximum absolute atomic E-state index is 2.75. The molecule has 0 amide bonds. The Labute approximate surface area is 146 Å². The molecule has 0 N–H and O–H groups in total. The Bertz CT molecular complexity index is 734. The van der Waals surface area contributed by atoms with Crippen molar-refractivity contribution in [1.29, 1.82) is 0 Å². The van der Waals surface area contributed by atoms with E-state index in [1.165, 1.54) is 55.0 Å². The number of aromatic nitrogens is 1. The molecule has 2 heteroatoms. The summed E-state index contributed by atoms with van der Waals surface area (Å²) in [6.45, 7) is 8.47. The van der Waals surface area contributed by atoms with Gasteiger partial charge < -0.3 is 4.57 Å². The van der Waals surface area contributed by atoms with Crippen LogP contribution in [0.3, 0.4) is 0 Å². The van der Waals surface area contributed by atoms with Crippen LogP contribution in [0.4, 0.5) is 0 Å². The van der Waals surface area contributed by atoms with Gasteiger partial charge in [0.1, 0.15) is 0 Å². The zero-order chi connectivity index (χ0) is 16.9. The highest BCUT2D eigenvalue weighted by molar-refractivity contribution is 5.85. The van der Waals surface area contributed by atoms with Crippen molar-refractivity contribution in [2.75, 3.05) is 7.05 Å². The number of aryl methyl sites for hydroxylation is 2. The minimum Gasteiger partial charge on any atom is -0.343 e. The Balaban J connectivity index is 1.83. The Kier molecular flexibility index (Phi) is 3.99. The molecule has 130 valence electrons. The second-order valence-corrected chi connectivity index (χ2v) is 8.78. The highest BCUT2D eigenvalue weighted by atomic mass is 15.2. The Morgan fingerprint density at radius 3 is 2.54 bits per heavy atom. The zero-order valence-electron chi connectivity index (χ0n) is 15.8. The van der Waals surface area contributed by atoms with E-state index in [9.17, 15) is 0 Å². The fraction of sp³-hybridized carbons (Fsp3) is 0.636. The molecule has 0 radical (unpaired) electrons. The second kappa shape index (κ2) is 5.91. The fourth-order valence-corrected chi connectivity index (χ4v) is 5.44. The number of hydrogen-bond acceptors (Lipinski definition) is 1. The first-order valence-electron chi connectivity index (χ1n) is 9.80. The van der Waals surface area contributed by atoms with Gasteiger partial charge in [-0.2, -0.15) is 0 Å². The molecule has 0 bridgehead atoms. The van der Waals surface area contributed by atoms with E-state index in [4.69, 9.17) is 0 Å². The smallest absolute Gasteiger partial charge is 0.0555 e. The third-order valence-electron chi connectivity index (χ3n) is 6.81. The van der Waals surface area contributed by atoms with E-state index in [1.807, 2.05) is 0 Å². The maximum atomic E-state index is 2.75. The van der Waals surface area contributed by atoms with Crippen molar-refractivity contribution >= 4 is 10.9 Å². The quantitative estimate of drug-likeness (QED) is 0.689. The molecule has 0 saturated heterocycles. The lowest BCUT2D eigenvalue weighted by atomic mass is 9.74. The summed E-state index contributed by atoms with van der Waals surface area (Å²) in [6, 6.07) is 10.3. The van der Waals surface area contributed by atoms with Crippen molar-refractivity contribution in [2.45, 2.75) is 77.9 Å². The minimum absolute atomic E-state index is 0.335. The lowest BCUT2D eigenvalue weighted by molar-refractivity contribution is 0.0307. The van der Waals surface area contributed by atoms with Gasteiger partial charge in [-0.1, -0.05) is 51.3 Å². The number of rotatable bonds is 2. The Hall–Kier alpha value is -1.28. The predicted molar refractivity (Wildman–Crippen MR) is 102 cm³/mol. The summed E-state index contributed by atoms with van der Waals surface area (Å²) in [5.74, 6) is 0. The summed E-state index contributed by atoms with van der Waals surface area (Å²) in [5, 5.41) is 1.45. The minimum atomic E-state index is 0.335. The lowest BCUT2D eigenvalue weighted by Gasteiger charge is -2.48. The summed E-state index contributed by atoms with van der Waals surface area (Å²) < 4.78 is 2.62. The lowest BCUT2D eigenvalue weighted by Crippen LogP contribution is -2.46. The first-order valence-corrected chi connectivity index (χ1v) is 9.80. The van der Waals surface area contributed by atoms with Gasteiger partial charge in [-0.3, -0.25) is 4.90 Å². The van der Waals surface area contributed by atoms with Gasteiger partial charge in [-0.15, -0.1) is 0 Å². The molecular formula is C22H32N2. The average Bonchev–Trinajstić information content (AvgIpc) is 2.87. The second-order valence-electron chi connectivity index (χ2n) is 8.78. The number of benzene rings is 1. The molecule has 1 aliphatic heterocycles. The normalized spacial score (nSPS) is 24.5. The molecule has 0 spiro atoms. The van der Waals surface area contributed by atoms with Crippen LogP contribution in [0.2, 0.25) is 0 Å². The average molecular weight is 325 g/mol. The molecule has 1 aliphatic carbocycles. The topological polar surface area (TPSA) is 8.17 Å².